The minimum Gasteiger partial charge on any atom is -0.383 e. The minimum absolute atomic E-state index is 0.104. The summed E-state index contributed by atoms with van der Waals surface area (Å²) in [5.74, 6) is -0.139. The second-order valence-corrected chi connectivity index (χ2v) is 9.72. The van der Waals surface area contributed by atoms with Crippen molar-refractivity contribution in [3.63, 3.8) is 0 Å². The van der Waals surface area contributed by atoms with E-state index >= 15 is 0 Å². The number of anilines is 3. The smallest absolute Gasteiger partial charge is 0.256 e. The highest BCUT2D eigenvalue weighted by molar-refractivity contribution is 7.24. The molecule has 3 aromatic carbocycles. The number of hydrogen-bond acceptors (Lipinski definition) is 6. The Hall–Kier alpha value is -4.67. The van der Waals surface area contributed by atoms with Gasteiger partial charge in [0.2, 0.25) is 0 Å². The lowest BCUT2D eigenvalue weighted by atomic mass is 10.00. The third kappa shape index (κ3) is 5.01. The van der Waals surface area contributed by atoms with Crippen molar-refractivity contribution in [3.8, 4) is 17.2 Å². The Morgan fingerprint density at radius 3 is 2.46 bits per heavy atom. The normalized spacial score (nSPS) is 10.7. The fourth-order valence-electron chi connectivity index (χ4n) is 4.32. The summed E-state index contributed by atoms with van der Waals surface area (Å²) in [6.07, 6.45) is 0.707. The predicted molar refractivity (Wildman–Crippen MR) is 151 cm³/mol. The van der Waals surface area contributed by atoms with E-state index in [0.29, 0.717) is 40.2 Å². The van der Waals surface area contributed by atoms with Crippen molar-refractivity contribution in [2.45, 2.75) is 13.3 Å². The molecular formula is C30H25N5OS. The maximum atomic E-state index is 13.6. The van der Waals surface area contributed by atoms with E-state index < -0.39 is 0 Å². The highest BCUT2D eigenvalue weighted by Gasteiger charge is 2.26. The summed E-state index contributed by atoms with van der Waals surface area (Å²) in [7, 11) is 0. The van der Waals surface area contributed by atoms with Gasteiger partial charge < -0.3 is 16.4 Å². The molecule has 2 aromatic heterocycles. The van der Waals surface area contributed by atoms with Gasteiger partial charge in [-0.3, -0.25) is 4.79 Å². The van der Waals surface area contributed by atoms with Crippen molar-refractivity contribution in [1.82, 2.24) is 10.3 Å². The Bertz CT molecular complexity index is 1620. The maximum Gasteiger partial charge on any atom is 0.256 e. The van der Waals surface area contributed by atoms with Crippen LogP contribution >= 0.6 is 11.3 Å². The van der Waals surface area contributed by atoms with Gasteiger partial charge in [-0.2, -0.15) is 5.26 Å². The average molecular weight is 504 g/mol. The molecule has 5 aromatic rings. The van der Waals surface area contributed by atoms with Gasteiger partial charge in [-0.05, 0) is 42.2 Å². The molecule has 2 heterocycles. The summed E-state index contributed by atoms with van der Waals surface area (Å²) in [5, 5.41) is 17.1. The molecule has 4 N–H and O–H groups in total. The number of nitriles is 1. The first-order chi connectivity index (χ1) is 18.0. The molecule has 7 heteroatoms. The molecule has 37 heavy (non-hydrogen) atoms. The van der Waals surface area contributed by atoms with Crippen LogP contribution in [-0.4, -0.2) is 17.4 Å². The first-order valence-corrected chi connectivity index (χ1v) is 12.7. The third-order valence-corrected chi connectivity index (χ3v) is 7.18. The molecule has 0 radical (unpaired) electrons. The number of aromatic nitrogens is 1. The lowest BCUT2D eigenvalue weighted by Crippen LogP contribution is -2.26. The number of rotatable bonds is 7. The minimum atomic E-state index is -0.243. The number of amides is 1. The second-order valence-electron chi connectivity index (χ2n) is 8.69. The van der Waals surface area contributed by atoms with E-state index in [1.54, 1.807) is 0 Å². The number of aryl methyl sites for hydroxylation is 1. The van der Waals surface area contributed by atoms with Crippen LogP contribution in [0.1, 0.15) is 27.0 Å². The van der Waals surface area contributed by atoms with Crippen LogP contribution < -0.4 is 16.4 Å². The van der Waals surface area contributed by atoms with Gasteiger partial charge in [-0.1, -0.05) is 72.8 Å². The quantitative estimate of drug-likeness (QED) is 0.237. The lowest BCUT2D eigenvalue weighted by molar-refractivity contribution is 0.0957. The number of nitrogen functional groups attached to an aromatic ring is 1. The van der Waals surface area contributed by atoms with E-state index in [1.807, 2.05) is 91.9 Å². The number of carbonyl (C=O) groups is 1. The number of carbonyl (C=O) groups excluding carboxylic acids is 1. The summed E-state index contributed by atoms with van der Waals surface area (Å²) in [4.78, 5) is 18.2. The summed E-state index contributed by atoms with van der Waals surface area (Å²) in [6, 6.07) is 29.8. The molecule has 0 fully saturated rings. The van der Waals surface area contributed by atoms with Gasteiger partial charge in [-0.15, -0.1) is 11.3 Å². The number of benzene rings is 3. The first-order valence-electron chi connectivity index (χ1n) is 11.9. The number of fused-ring (bicyclic) bond motifs is 1. The topological polar surface area (TPSA) is 104 Å². The largest absolute Gasteiger partial charge is 0.383 e. The zero-order valence-electron chi connectivity index (χ0n) is 20.3. The summed E-state index contributed by atoms with van der Waals surface area (Å²) in [6.45, 7) is 2.49. The van der Waals surface area contributed by atoms with Crippen molar-refractivity contribution in [2.75, 3.05) is 17.6 Å². The van der Waals surface area contributed by atoms with Gasteiger partial charge in [0.1, 0.15) is 28.0 Å². The van der Waals surface area contributed by atoms with Crippen LogP contribution in [0.2, 0.25) is 0 Å². The van der Waals surface area contributed by atoms with Crippen molar-refractivity contribution in [2.24, 2.45) is 0 Å². The summed E-state index contributed by atoms with van der Waals surface area (Å²) < 4.78 is 0.736. The number of thiophene rings is 1. The van der Waals surface area contributed by atoms with Crippen molar-refractivity contribution >= 4 is 44.0 Å². The van der Waals surface area contributed by atoms with Crippen molar-refractivity contribution in [3.05, 3.63) is 107 Å². The van der Waals surface area contributed by atoms with Crippen LogP contribution in [0.3, 0.4) is 0 Å². The maximum absolute atomic E-state index is 13.6. The molecule has 5 rings (SSSR count). The molecule has 0 bridgehead atoms. The van der Waals surface area contributed by atoms with Gasteiger partial charge in [0.05, 0.1) is 10.2 Å². The van der Waals surface area contributed by atoms with Crippen LogP contribution in [0.4, 0.5) is 16.5 Å². The SMILES string of the molecule is Cc1cccc(Nc2sc3c(-c4ccccc4)c(C#N)c(N)nc3c2C(=O)NCCc2ccccc2)c1. The number of nitrogens with zero attached hydrogens (tertiary/aromatic N) is 2. The van der Waals surface area contributed by atoms with E-state index in [0.717, 1.165) is 27.1 Å². The Morgan fingerprint density at radius 2 is 1.76 bits per heavy atom. The Kier molecular flexibility index (Phi) is 6.84. The fourth-order valence-corrected chi connectivity index (χ4v) is 5.55. The summed E-state index contributed by atoms with van der Waals surface area (Å²) in [5.41, 5.74) is 12.1. The van der Waals surface area contributed by atoms with Gasteiger partial charge in [0, 0.05) is 17.8 Å². The van der Waals surface area contributed by atoms with E-state index in [1.165, 1.54) is 11.3 Å². The first kappa shape index (κ1) is 24.0. The highest BCUT2D eigenvalue weighted by atomic mass is 32.1. The summed E-state index contributed by atoms with van der Waals surface area (Å²) >= 11 is 1.40. The molecule has 182 valence electrons. The van der Waals surface area contributed by atoms with E-state index in [2.05, 4.69) is 21.7 Å². The Balaban J connectivity index is 1.63. The van der Waals surface area contributed by atoms with Crippen LogP contribution in [0.15, 0.2) is 84.9 Å². The second kappa shape index (κ2) is 10.5. The number of nitrogens with two attached hydrogens (primary N) is 1. The molecule has 0 spiro atoms. The number of pyridine rings is 1. The molecule has 0 aliphatic rings. The molecule has 0 aliphatic heterocycles. The van der Waals surface area contributed by atoms with Crippen LogP contribution in [0.5, 0.6) is 0 Å². The van der Waals surface area contributed by atoms with Crippen molar-refractivity contribution in [1.29, 1.82) is 5.26 Å². The van der Waals surface area contributed by atoms with Gasteiger partial charge in [0.15, 0.2) is 0 Å². The van der Waals surface area contributed by atoms with Crippen LogP contribution in [0, 0.1) is 18.3 Å². The van der Waals surface area contributed by atoms with Gasteiger partial charge in [-0.25, -0.2) is 4.98 Å². The number of hydrogen-bond donors (Lipinski definition) is 3. The van der Waals surface area contributed by atoms with E-state index in [9.17, 15) is 10.1 Å². The van der Waals surface area contributed by atoms with Crippen molar-refractivity contribution < 1.29 is 4.79 Å². The lowest BCUT2D eigenvalue weighted by Gasteiger charge is -2.10. The molecule has 1 amide bonds. The highest BCUT2D eigenvalue weighted by Crippen LogP contribution is 2.44. The predicted octanol–water partition coefficient (Wildman–Crippen LogP) is 6.44. The molecular weight excluding hydrogens is 478 g/mol. The average Bonchev–Trinajstić information content (AvgIpc) is 3.26. The Labute approximate surface area is 219 Å². The fraction of sp³-hybridized carbons (Fsp3) is 0.100. The standard InChI is InChI=1S/C30H25N5OS/c1-19-9-8-14-22(17-19)34-30-25(29(36)33-16-15-20-10-4-2-5-11-20)26-27(37-30)24(21-12-6-3-7-13-21)23(18-31)28(32)35-26/h2-14,17,34H,15-16H2,1H3,(H2,32,35)(H,33,36). The Morgan fingerprint density at radius 1 is 1.03 bits per heavy atom. The van der Waals surface area contributed by atoms with Crippen LogP contribution in [0.25, 0.3) is 21.3 Å². The molecule has 6 nitrogen and oxygen atoms in total. The zero-order chi connectivity index (χ0) is 25.8. The molecule has 0 unspecified atom stereocenters. The number of nitrogens with one attached hydrogen (secondary N) is 2. The molecule has 0 saturated carbocycles. The van der Waals surface area contributed by atoms with E-state index in [4.69, 9.17) is 5.73 Å². The molecule has 0 atom stereocenters. The van der Waals surface area contributed by atoms with Gasteiger partial charge >= 0.3 is 0 Å². The van der Waals surface area contributed by atoms with Gasteiger partial charge in [0.25, 0.3) is 5.91 Å². The zero-order valence-corrected chi connectivity index (χ0v) is 21.1. The van der Waals surface area contributed by atoms with Crippen LogP contribution in [-0.2, 0) is 6.42 Å². The molecule has 0 aliphatic carbocycles. The molecule has 0 saturated heterocycles. The third-order valence-electron chi connectivity index (χ3n) is 6.07. The van der Waals surface area contributed by atoms with E-state index in [-0.39, 0.29) is 11.7 Å². The monoisotopic (exact) mass is 503 g/mol.